The first kappa shape index (κ1) is 13.5. The van der Waals surface area contributed by atoms with Gasteiger partial charge in [0, 0.05) is 12.4 Å². The van der Waals surface area contributed by atoms with Crippen molar-refractivity contribution in [3.05, 3.63) is 47.2 Å². The van der Waals surface area contributed by atoms with Crippen molar-refractivity contribution in [1.82, 2.24) is 9.97 Å². The molecule has 0 radical (unpaired) electrons. The summed E-state index contributed by atoms with van der Waals surface area (Å²) < 4.78 is 6.19. The van der Waals surface area contributed by atoms with Crippen molar-refractivity contribution < 1.29 is 9.53 Å². The summed E-state index contributed by atoms with van der Waals surface area (Å²) in [5.41, 5.74) is 0. The summed E-state index contributed by atoms with van der Waals surface area (Å²) in [6.45, 7) is 0.312. The van der Waals surface area contributed by atoms with Crippen LogP contribution in [0, 0.1) is 0 Å². The van der Waals surface area contributed by atoms with Gasteiger partial charge in [-0.2, -0.15) is 0 Å². The molecule has 1 aromatic heterocycles. The topological polar surface area (TPSA) is 64.1 Å². The molecule has 1 aromatic carbocycles. The number of hydrogen-bond donors (Lipinski definition) is 1. The highest BCUT2D eigenvalue weighted by Gasteiger charge is 2.04. The molecule has 0 aliphatic carbocycles. The van der Waals surface area contributed by atoms with E-state index >= 15 is 0 Å². The molecular weight excluding hydrogens is 310 g/mol. The lowest BCUT2D eigenvalue weighted by atomic mass is 10.3. The molecule has 0 unspecified atom stereocenters. The van der Waals surface area contributed by atoms with Crippen molar-refractivity contribution in [2.75, 3.05) is 11.9 Å². The molecule has 5 nitrogen and oxygen atoms in total. The van der Waals surface area contributed by atoms with Crippen LogP contribution in [-0.4, -0.2) is 22.5 Å². The molecule has 0 aliphatic rings. The fraction of sp³-hybridized carbons (Fsp3) is 0.154. The standard InChI is InChI=1S/C13H12BrN3O2/c14-10-8-15-13(16-9-10)17-12(18)6-7-19-11-4-2-1-3-5-11/h1-5,8-9H,6-7H2,(H,15,16,17,18). The van der Waals surface area contributed by atoms with Gasteiger partial charge >= 0.3 is 0 Å². The number of rotatable bonds is 5. The number of hydrogen-bond acceptors (Lipinski definition) is 4. The van der Waals surface area contributed by atoms with Gasteiger partial charge in [0.1, 0.15) is 5.75 Å². The van der Waals surface area contributed by atoms with Gasteiger partial charge in [-0.3, -0.25) is 10.1 Å². The number of carbonyl (C=O) groups is 1. The predicted molar refractivity (Wildman–Crippen MR) is 74.9 cm³/mol. The highest BCUT2D eigenvalue weighted by atomic mass is 79.9. The maximum Gasteiger partial charge on any atom is 0.230 e. The Hall–Kier alpha value is -1.95. The Morgan fingerprint density at radius 2 is 1.89 bits per heavy atom. The molecule has 2 rings (SSSR count). The molecule has 0 spiro atoms. The van der Waals surface area contributed by atoms with Gasteiger partial charge in [-0.25, -0.2) is 9.97 Å². The van der Waals surface area contributed by atoms with E-state index in [2.05, 4.69) is 31.2 Å². The summed E-state index contributed by atoms with van der Waals surface area (Å²) >= 11 is 3.22. The van der Waals surface area contributed by atoms with Crippen molar-refractivity contribution in [2.45, 2.75) is 6.42 Å². The van der Waals surface area contributed by atoms with Gasteiger partial charge in [-0.1, -0.05) is 18.2 Å². The number of aromatic nitrogens is 2. The molecular formula is C13H12BrN3O2. The molecule has 0 saturated carbocycles. The molecule has 0 atom stereocenters. The van der Waals surface area contributed by atoms with Crippen LogP contribution < -0.4 is 10.1 Å². The number of carbonyl (C=O) groups excluding carboxylic acids is 1. The molecule has 0 fully saturated rings. The zero-order chi connectivity index (χ0) is 13.5. The summed E-state index contributed by atoms with van der Waals surface area (Å²) in [5, 5.41) is 2.59. The second kappa shape index (κ2) is 6.84. The monoisotopic (exact) mass is 321 g/mol. The van der Waals surface area contributed by atoms with E-state index in [-0.39, 0.29) is 18.3 Å². The summed E-state index contributed by atoms with van der Waals surface area (Å²) in [6, 6.07) is 9.35. The molecule has 0 aliphatic heterocycles. The number of ether oxygens (including phenoxy) is 1. The highest BCUT2D eigenvalue weighted by molar-refractivity contribution is 9.10. The number of nitrogens with one attached hydrogen (secondary N) is 1. The van der Waals surface area contributed by atoms with Crippen molar-refractivity contribution >= 4 is 27.8 Å². The minimum Gasteiger partial charge on any atom is -0.493 e. The maximum absolute atomic E-state index is 11.6. The zero-order valence-corrected chi connectivity index (χ0v) is 11.6. The van der Waals surface area contributed by atoms with Crippen LogP contribution in [0.1, 0.15) is 6.42 Å². The Morgan fingerprint density at radius 3 is 2.58 bits per heavy atom. The fourth-order valence-corrected chi connectivity index (χ4v) is 1.55. The van der Waals surface area contributed by atoms with E-state index in [1.54, 1.807) is 12.4 Å². The summed E-state index contributed by atoms with van der Waals surface area (Å²) in [6.07, 6.45) is 3.39. The molecule has 6 heteroatoms. The number of amides is 1. The van der Waals surface area contributed by atoms with Crippen LogP contribution in [0.5, 0.6) is 5.75 Å². The van der Waals surface area contributed by atoms with Crippen LogP contribution in [0.3, 0.4) is 0 Å². The normalized spacial score (nSPS) is 9.95. The first-order valence-electron chi connectivity index (χ1n) is 5.69. The minimum atomic E-state index is -0.182. The minimum absolute atomic E-state index is 0.182. The van der Waals surface area contributed by atoms with Gasteiger partial charge in [0.25, 0.3) is 0 Å². The number of para-hydroxylation sites is 1. The second-order valence-electron chi connectivity index (χ2n) is 3.68. The third-order valence-corrected chi connectivity index (χ3v) is 2.62. The third kappa shape index (κ3) is 4.67. The summed E-state index contributed by atoms with van der Waals surface area (Å²) in [4.78, 5) is 19.5. The van der Waals surface area contributed by atoms with Crippen molar-refractivity contribution in [3.63, 3.8) is 0 Å². The van der Waals surface area contributed by atoms with Gasteiger partial charge in [0.15, 0.2) is 0 Å². The fourth-order valence-electron chi connectivity index (χ4n) is 1.34. The quantitative estimate of drug-likeness (QED) is 0.919. The Labute approximate surface area is 119 Å². The average Bonchev–Trinajstić information content (AvgIpc) is 2.43. The van der Waals surface area contributed by atoms with E-state index in [0.717, 1.165) is 10.2 Å². The van der Waals surface area contributed by atoms with Crippen LogP contribution in [0.4, 0.5) is 5.95 Å². The average molecular weight is 322 g/mol. The van der Waals surface area contributed by atoms with Crippen LogP contribution in [-0.2, 0) is 4.79 Å². The first-order valence-corrected chi connectivity index (χ1v) is 6.48. The van der Waals surface area contributed by atoms with Gasteiger partial charge in [-0.15, -0.1) is 0 Å². The molecule has 98 valence electrons. The van der Waals surface area contributed by atoms with Crippen molar-refractivity contribution in [1.29, 1.82) is 0 Å². The first-order chi connectivity index (χ1) is 9.24. The van der Waals surface area contributed by atoms with E-state index in [1.165, 1.54) is 0 Å². The van der Waals surface area contributed by atoms with Crippen LogP contribution in [0.2, 0.25) is 0 Å². The van der Waals surface area contributed by atoms with Crippen LogP contribution >= 0.6 is 15.9 Å². The third-order valence-electron chi connectivity index (χ3n) is 2.21. The molecule has 1 N–H and O–H groups in total. The van der Waals surface area contributed by atoms with Crippen LogP contribution in [0.25, 0.3) is 0 Å². The number of halogens is 1. The predicted octanol–water partition coefficient (Wildman–Crippen LogP) is 2.65. The van der Waals surface area contributed by atoms with Crippen LogP contribution in [0.15, 0.2) is 47.2 Å². The second-order valence-corrected chi connectivity index (χ2v) is 4.60. The van der Waals surface area contributed by atoms with Crippen molar-refractivity contribution in [3.8, 4) is 5.75 Å². The maximum atomic E-state index is 11.6. The Balaban J connectivity index is 1.74. The molecule has 0 bridgehead atoms. The Morgan fingerprint density at radius 1 is 1.21 bits per heavy atom. The van der Waals surface area contributed by atoms with Gasteiger partial charge in [0.2, 0.25) is 11.9 Å². The molecule has 1 heterocycles. The van der Waals surface area contributed by atoms with E-state index < -0.39 is 0 Å². The zero-order valence-electron chi connectivity index (χ0n) is 10.0. The Kier molecular flexibility index (Phi) is 4.85. The lowest BCUT2D eigenvalue weighted by Crippen LogP contribution is -2.16. The van der Waals surface area contributed by atoms with Gasteiger partial charge < -0.3 is 4.74 Å². The number of anilines is 1. The summed E-state index contributed by atoms with van der Waals surface area (Å²) in [7, 11) is 0. The van der Waals surface area contributed by atoms with Gasteiger partial charge in [-0.05, 0) is 28.1 Å². The lowest BCUT2D eigenvalue weighted by molar-refractivity contribution is -0.116. The molecule has 2 aromatic rings. The smallest absolute Gasteiger partial charge is 0.230 e. The lowest BCUT2D eigenvalue weighted by Gasteiger charge is -2.06. The molecule has 0 saturated heterocycles. The Bertz CT molecular complexity index is 531. The summed E-state index contributed by atoms with van der Waals surface area (Å²) in [5.74, 6) is 0.848. The number of nitrogens with zero attached hydrogens (tertiary/aromatic N) is 2. The van der Waals surface area contributed by atoms with Crippen molar-refractivity contribution in [2.24, 2.45) is 0 Å². The van der Waals surface area contributed by atoms with E-state index in [9.17, 15) is 4.79 Å². The number of benzene rings is 1. The SMILES string of the molecule is O=C(CCOc1ccccc1)Nc1ncc(Br)cn1. The largest absolute Gasteiger partial charge is 0.493 e. The molecule has 19 heavy (non-hydrogen) atoms. The van der Waals surface area contributed by atoms with E-state index in [4.69, 9.17) is 4.74 Å². The van der Waals surface area contributed by atoms with E-state index in [0.29, 0.717) is 6.61 Å². The highest BCUT2D eigenvalue weighted by Crippen LogP contribution is 2.09. The van der Waals surface area contributed by atoms with E-state index in [1.807, 2.05) is 30.3 Å². The molecule has 1 amide bonds. The van der Waals surface area contributed by atoms with Gasteiger partial charge in [0.05, 0.1) is 17.5 Å².